The molecule has 1 aliphatic rings. The molecule has 6 nitrogen and oxygen atoms in total. The van der Waals surface area contributed by atoms with Crippen LogP contribution in [0.5, 0.6) is 0 Å². The molecule has 2 aromatic heterocycles. The third kappa shape index (κ3) is 4.00. The standard InChI is InChI=1S/C20H27N5O/c1-4-25(5-2)20-22-13-17-11-15(8-9-18(17)24-20)19(26)23-14(3)16-7-6-10-21-12-16/h6-7,10,12-15H,4-5,8-9,11H2,1-3H3,(H,23,26). The van der Waals surface area contributed by atoms with E-state index in [-0.39, 0.29) is 17.9 Å². The second-order valence-corrected chi connectivity index (χ2v) is 6.77. The molecule has 1 amide bonds. The first-order valence-corrected chi connectivity index (χ1v) is 9.42. The number of rotatable bonds is 6. The summed E-state index contributed by atoms with van der Waals surface area (Å²) in [6.07, 6.45) is 7.80. The van der Waals surface area contributed by atoms with Crippen molar-refractivity contribution in [2.75, 3.05) is 18.0 Å². The molecule has 1 N–H and O–H groups in total. The number of hydrogen-bond acceptors (Lipinski definition) is 5. The molecule has 0 spiro atoms. The van der Waals surface area contributed by atoms with Gasteiger partial charge in [-0.05, 0) is 57.2 Å². The monoisotopic (exact) mass is 353 g/mol. The smallest absolute Gasteiger partial charge is 0.225 e. The number of pyridine rings is 1. The van der Waals surface area contributed by atoms with Crippen LogP contribution in [0.25, 0.3) is 0 Å². The van der Waals surface area contributed by atoms with Crippen LogP contribution in [0, 0.1) is 5.92 Å². The fourth-order valence-corrected chi connectivity index (χ4v) is 3.43. The Morgan fingerprint density at radius 2 is 2.15 bits per heavy atom. The minimum Gasteiger partial charge on any atom is -0.349 e. The topological polar surface area (TPSA) is 71.0 Å². The van der Waals surface area contributed by atoms with E-state index < -0.39 is 0 Å². The van der Waals surface area contributed by atoms with Gasteiger partial charge in [0.15, 0.2) is 0 Å². The number of hydrogen-bond donors (Lipinski definition) is 1. The summed E-state index contributed by atoms with van der Waals surface area (Å²) >= 11 is 0. The number of anilines is 1. The van der Waals surface area contributed by atoms with Crippen LogP contribution in [-0.4, -0.2) is 33.9 Å². The number of nitrogens with zero attached hydrogens (tertiary/aromatic N) is 4. The van der Waals surface area contributed by atoms with Crippen LogP contribution in [0.3, 0.4) is 0 Å². The third-order valence-electron chi connectivity index (χ3n) is 5.10. The molecule has 3 rings (SSSR count). The van der Waals surface area contributed by atoms with E-state index in [9.17, 15) is 4.79 Å². The van der Waals surface area contributed by atoms with E-state index in [0.29, 0.717) is 6.42 Å². The predicted molar refractivity (Wildman–Crippen MR) is 102 cm³/mol. The zero-order chi connectivity index (χ0) is 18.5. The van der Waals surface area contributed by atoms with Crippen LogP contribution in [0.15, 0.2) is 30.7 Å². The molecule has 0 bridgehead atoms. The zero-order valence-electron chi connectivity index (χ0n) is 15.8. The summed E-state index contributed by atoms with van der Waals surface area (Å²) in [5.41, 5.74) is 3.21. The van der Waals surface area contributed by atoms with E-state index in [1.807, 2.05) is 25.3 Å². The van der Waals surface area contributed by atoms with Crippen molar-refractivity contribution in [1.82, 2.24) is 20.3 Å². The number of fused-ring (bicyclic) bond motifs is 1. The molecular formula is C20H27N5O. The van der Waals surface area contributed by atoms with Gasteiger partial charge in [0, 0.05) is 43.3 Å². The normalized spacial score (nSPS) is 17.3. The second kappa shape index (κ2) is 8.25. The molecule has 0 radical (unpaired) electrons. The molecule has 138 valence electrons. The molecule has 2 heterocycles. The average Bonchev–Trinajstić information content (AvgIpc) is 2.69. The van der Waals surface area contributed by atoms with Gasteiger partial charge in [-0.25, -0.2) is 9.97 Å². The molecule has 2 aromatic rings. The van der Waals surface area contributed by atoms with Gasteiger partial charge in [-0.3, -0.25) is 9.78 Å². The number of carbonyl (C=O) groups is 1. The molecule has 0 saturated carbocycles. The molecule has 1 aliphatic carbocycles. The number of aromatic nitrogens is 3. The van der Waals surface area contributed by atoms with Crippen LogP contribution >= 0.6 is 0 Å². The highest BCUT2D eigenvalue weighted by molar-refractivity contribution is 5.79. The maximum atomic E-state index is 12.7. The Morgan fingerprint density at radius 3 is 2.85 bits per heavy atom. The Morgan fingerprint density at radius 1 is 1.35 bits per heavy atom. The highest BCUT2D eigenvalue weighted by Gasteiger charge is 2.27. The van der Waals surface area contributed by atoms with E-state index in [2.05, 4.69) is 34.0 Å². The summed E-state index contributed by atoms with van der Waals surface area (Å²) in [6, 6.07) is 3.83. The molecule has 0 fully saturated rings. The van der Waals surface area contributed by atoms with Gasteiger partial charge in [0.05, 0.1) is 6.04 Å². The minimum absolute atomic E-state index is 0.0236. The van der Waals surface area contributed by atoms with Crippen molar-refractivity contribution in [3.8, 4) is 0 Å². The van der Waals surface area contributed by atoms with E-state index in [0.717, 1.165) is 48.7 Å². The van der Waals surface area contributed by atoms with Crippen LogP contribution < -0.4 is 10.2 Å². The quantitative estimate of drug-likeness (QED) is 0.864. The summed E-state index contributed by atoms with van der Waals surface area (Å²) in [6.45, 7) is 8.00. The summed E-state index contributed by atoms with van der Waals surface area (Å²) < 4.78 is 0. The van der Waals surface area contributed by atoms with Gasteiger partial charge in [0.2, 0.25) is 11.9 Å². The lowest BCUT2D eigenvalue weighted by molar-refractivity contribution is -0.126. The van der Waals surface area contributed by atoms with Crippen LogP contribution in [-0.2, 0) is 17.6 Å². The number of carbonyl (C=O) groups excluding carboxylic acids is 1. The van der Waals surface area contributed by atoms with Crippen LogP contribution in [0.1, 0.15) is 50.1 Å². The second-order valence-electron chi connectivity index (χ2n) is 6.77. The van der Waals surface area contributed by atoms with E-state index in [1.165, 1.54) is 0 Å². The van der Waals surface area contributed by atoms with Gasteiger partial charge in [0.25, 0.3) is 0 Å². The first-order chi connectivity index (χ1) is 12.6. The van der Waals surface area contributed by atoms with Gasteiger partial charge in [0.1, 0.15) is 0 Å². The van der Waals surface area contributed by atoms with Crippen molar-refractivity contribution < 1.29 is 4.79 Å². The van der Waals surface area contributed by atoms with E-state index in [1.54, 1.807) is 12.4 Å². The highest BCUT2D eigenvalue weighted by Crippen LogP contribution is 2.26. The van der Waals surface area contributed by atoms with Gasteiger partial charge in [-0.15, -0.1) is 0 Å². The Balaban J connectivity index is 1.65. The Kier molecular flexibility index (Phi) is 5.81. The SMILES string of the molecule is CCN(CC)c1ncc2c(n1)CCC(C(=O)NC(C)c1cccnc1)C2. The third-order valence-corrected chi connectivity index (χ3v) is 5.10. The number of amides is 1. The zero-order valence-corrected chi connectivity index (χ0v) is 15.8. The Hall–Kier alpha value is -2.50. The maximum absolute atomic E-state index is 12.7. The fraction of sp³-hybridized carbons (Fsp3) is 0.500. The van der Waals surface area contributed by atoms with Crippen molar-refractivity contribution in [2.24, 2.45) is 5.92 Å². The molecule has 0 saturated heterocycles. The van der Waals surface area contributed by atoms with Crippen LogP contribution in [0.4, 0.5) is 5.95 Å². The largest absolute Gasteiger partial charge is 0.349 e. The summed E-state index contributed by atoms with van der Waals surface area (Å²) in [5.74, 6) is 0.867. The van der Waals surface area contributed by atoms with E-state index in [4.69, 9.17) is 4.98 Å². The first kappa shape index (κ1) is 18.3. The van der Waals surface area contributed by atoms with Gasteiger partial charge in [-0.2, -0.15) is 0 Å². The maximum Gasteiger partial charge on any atom is 0.225 e. The average molecular weight is 353 g/mol. The van der Waals surface area contributed by atoms with Crippen molar-refractivity contribution >= 4 is 11.9 Å². The molecule has 0 aliphatic heterocycles. The summed E-state index contributed by atoms with van der Waals surface area (Å²) in [7, 11) is 0. The molecule has 26 heavy (non-hydrogen) atoms. The minimum atomic E-state index is -0.0427. The summed E-state index contributed by atoms with van der Waals surface area (Å²) in [4.78, 5) is 28.2. The molecule has 6 heteroatoms. The fourth-order valence-electron chi connectivity index (χ4n) is 3.43. The number of aryl methyl sites for hydroxylation is 1. The van der Waals surface area contributed by atoms with Crippen LogP contribution in [0.2, 0.25) is 0 Å². The lowest BCUT2D eigenvalue weighted by atomic mass is 9.86. The van der Waals surface area contributed by atoms with Crippen molar-refractivity contribution in [3.05, 3.63) is 47.5 Å². The van der Waals surface area contributed by atoms with Crippen molar-refractivity contribution in [3.63, 3.8) is 0 Å². The Bertz CT molecular complexity index is 745. The highest BCUT2D eigenvalue weighted by atomic mass is 16.1. The number of nitrogens with one attached hydrogen (secondary N) is 1. The van der Waals surface area contributed by atoms with Gasteiger partial charge < -0.3 is 10.2 Å². The van der Waals surface area contributed by atoms with Gasteiger partial charge >= 0.3 is 0 Å². The van der Waals surface area contributed by atoms with Gasteiger partial charge in [-0.1, -0.05) is 6.07 Å². The Labute approximate surface area is 155 Å². The molecule has 2 atom stereocenters. The van der Waals surface area contributed by atoms with Crippen molar-refractivity contribution in [2.45, 2.75) is 46.1 Å². The summed E-state index contributed by atoms with van der Waals surface area (Å²) in [5, 5.41) is 3.12. The van der Waals surface area contributed by atoms with Crippen molar-refractivity contribution in [1.29, 1.82) is 0 Å². The predicted octanol–water partition coefficient (Wildman–Crippen LogP) is 2.70. The molecular weight excluding hydrogens is 326 g/mol. The molecule has 2 unspecified atom stereocenters. The lowest BCUT2D eigenvalue weighted by Crippen LogP contribution is -2.36. The van der Waals surface area contributed by atoms with E-state index >= 15 is 0 Å². The lowest BCUT2D eigenvalue weighted by Gasteiger charge is -2.26. The molecule has 0 aromatic carbocycles. The first-order valence-electron chi connectivity index (χ1n) is 9.42.